The van der Waals surface area contributed by atoms with E-state index in [2.05, 4.69) is 18.8 Å². The Morgan fingerprint density at radius 1 is 1.14 bits per heavy atom. The van der Waals surface area contributed by atoms with Crippen molar-refractivity contribution >= 4 is 11.8 Å². The van der Waals surface area contributed by atoms with Crippen LogP contribution in [0, 0.1) is 11.8 Å². The van der Waals surface area contributed by atoms with E-state index in [-0.39, 0.29) is 0 Å². The Labute approximate surface area is 135 Å². The Morgan fingerprint density at radius 2 is 1.86 bits per heavy atom. The Morgan fingerprint density at radius 3 is 2.50 bits per heavy atom. The highest BCUT2D eigenvalue weighted by Gasteiger charge is 2.32. The molecule has 0 saturated heterocycles. The average molecular weight is 326 g/mol. The first kappa shape index (κ1) is 18.7. The number of hydrogen-bond acceptors (Lipinski definition) is 1. The molecule has 0 amide bonds. The third-order valence-electron chi connectivity index (χ3n) is 2.98. The van der Waals surface area contributed by atoms with Crippen molar-refractivity contribution < 1.29 is 13.2 Å². The first-order valence-corrected chi connectivity index (χ1v) is 8.50. The molecule has 0 spiro atoms. The first-order valence-electron chi connectivity index (χ1n) is 7.45. The van der Waals surface area contributed by atoms with Crippen LogP contribution in [0.2, 0.25) is 0 Å². The largest absolute Gasteiger partial charge is 0.424 e. The van der Waals surface area contributed by atoms with Gasteiger partial charge < -0.3 is 0 Å². The second-order valence-electron chi connectivity index (χ2n) is 4.94. The van der Waals surface area contributed by atoms with Crippen molar-refractivity contribution in [3.63, 3.8) is 0 Å². The van der Waals surface area contributed by atoms with Crippen LogP contribution in [0.5, 0.6) is 0 Å². The molecule has 4 heteroatoms. The van der Waals surface area contributed by atoms with Gasteiger partial charge in [-0.3, -0.25) is 0 Å². The van der Waals surface area contributed by atoms with Crippen LogP contribution in [0.15, 0.2) is 41.3 Å². The smallest absolute Gasteiger partial charge is 0.165 e. The van der Waals surface area contributed by atoms with E-state index < -0.39 is 11.7 Å². The van der Waals surface area contributed by atoms with Crippen LogP contribution in [0.1, 0.15) is 44.6 Å². The number of rotatable bonds is 7. The number of allylic oxidation sites excluding steroid dienone is 1. The van der Waals surface area contributed by atoms with Crippen molar-refractivity contribution in [2.75, 3.05) is 0 Å². The van der Waals surface area contributed by atoms with E-state index >= 15 is 0 Å². The fourth-order valence-corrected chi connectivity index (χ4v) is 2.59. The summed E-state index contributed by atoms with van der Waals surface area (Å²) in [5.41, 5.74) is 0.252. The monoisotopic (exact) mass is 326 g/mol. The lowest BCUT2D eigenvalue weighted by atomic mass is 10.1. The highest BCUT2D eigenvalue weighted by Crippen LogP contribution is 2.28. The van der Waals surface area contributed by atoms with E-state index in [1.165, 1.54) is 0 Å². The summed E-state index contributed by atoms with van der Waals surface area (Å²) >= 11 is 1.13. The van der Waals surface area contributed by atoms with Crippen LogP contribution < -0.4 is 0 Å². The predicted octanol–water partition coefficient (Wildman–Crippen LogP) is 6.34. The molecule has 0 N–H and O–H groups in total. The standard InChI is InChI=1S/C18H21F3S/c1-2-3-4-5-6-10-13-17(18(19,20)21)15-22-14-16-11-8-7-9-12-16/h7-9,11-12,15H,2-6,14H2,1H3/b17-15+. The lowest BCUT2D eigenvalue weighted by Crippen LogP contribution is -2.09. The molecule has 1 aromatic carbocycles. The third-order valence-corrected chi connectivity index (χ3v) is 3.88. The molecule has 0 atom stereocenters. The summed E-state index contributed by atoms with van der Waals surface area (Å²) < 4.78 is 38.7. The maximum absolute atomic E-state index is 12.9. The van der Waals surface area contributed by atoms with Gasteiger partial charge in [-0.25, -0.2) is 0 Å². The Hall–Kier alpha value is -1.34. The molecule has 0 bridgehead atoms. The minimum atomic E-state index is -4.37. The molecular weight excluding hydrogens is 305 g/mol. The van der Waals surface area contributed by atoms with Crippen LogP contribution in [-0.2, 0) is 5.75 Å². The molecule has 0 aliphatic carbocycles. The van der Waals surface area contributed by atoms with Gasteiger partial charge in [0.15, 0.2) is 0 Å². The zero-order valence-corrected chi connectivity index (χ0v) is 13.6. The summed E-state index contributed by atoms with van der Waals surface area (Å²) in [5.74, 6) is 5.45. The summed E-state index contributed by atoms with van der Waals surface area (Å²) in [5, 5.41) is 1.13. The first-order chi connectivity index (χ1) is 10.5. The zero-order valence-electron chi connectivity index (χ0n) is 12.7. The minimum Gasteiger partial charge on any atom is -0.165 e. The molecule has 0 fully saturated rings. The molecule has 120 valence electrons. The van der Waals surface area contributed by atoms with E-state index in [9.17, 15) is 13.2 Å². The van der Waals surface area contributed by atoms with Crippen molar-refractivity contribution in [3.8, 4) is 11.8 Å². The number of halogens is 3. The van der Waals surface area contributed by atoms with E-state index in [0.29, 0.717) is 12.2 Å². The Kier molecular flexibility index (Phi) is 8.84. The SMILES string of the molecule is CCCCCCC#C/C(=C\SCc1ccccc1)C(F)(F)F. The van der Waals surface area contributed by atoms with Gasteiger partial charge in [0, 0.05) is 12.2 Å². The van der Waals surface area contributed by atoms with Crippen molar-refractivity contribution in [2.45, 2.75) is 51.0 Å². The number of hydrogen-bond donors (Lipinski definition) is 0. The number of unbranched alkanes of at least 4 members (excludes halogenated alkanes) is 4. The minimum absolute atomic E-state index is 0.512. The molecule has 1 aromatic rings. The lowest BCUT2D eigenvalue weighted by Gasteiger charge is -2.05. The predicted molar refractivity (Wildman–Crippen MR) is 88.4 cm³/mol. The summed E-state index contributed by atoms with van der Waals surface area (Å²) in [7, 11) is 0. The molecule has 22 heavy (non-hydrogen) atoms. The maximum atomic E-state index is 12.9. The molecule has 0 radical (unpaired) electrons. The summed E-state index contributed by atoms with van der Waals surface area (Å²) in [6.07, 6.45) is 0.257. The van der Waals surface area contributed by atoms with Crippen LogP contribution in [0.25, 0.3) is 0 Å². The molecule has 0 aliphatic heterocycles. The quantitative estimate of drug-likeness (QED) is 0.416. The van der Waals surface area contributed by atoms with Gasteiger partial charge in [-0.15, -0.1) is 11.8 Å². The van der Waals surface area contributed by atoms with Gasteiger partial charge in [-0.1, -0.05) is 68.4 Å². The van der Waals surface area contributed by atoms with E-state index in [1.54, 1.807) is 0 Å². The van der Waals surface area contributed by atoms with Crippen LogP contribution >= 0.6 is 11.8 Å². The summed E-state index contributed by atoms with van der Waals surface area (Å²) in [6, 6.07) is 9.43. The molecule has 0 aromatic heterocycles. The number of benzene rings is 1. The molecular formula is C18H21F3S. The number of thioether (sulfide) groups is 1. The van der Waals surface area contributed by atoms with Crippen molar-refractivity contribution in [1.82, 2.24) is 0 Å². The molecule has 0 unspecified atom stereocenters. The Bertz CT molecular complexity index is 507. The number of alkyl halides is 3. The zero-order chi connectivity index (χ0) is 16.3. The molecule has 0 heterocycles. The van der Waals surface area contributed by atoms with Gasteiger partial charge in [-0.2, -0.15) is 13.2 Å². The second kappa shape index (κ2) is 10.4. The molecule has 0 saturated carbocycles. The molecule has 0 nitrogen and oxygen atoms in total. The van der Waals surface area contributed by atoms with Crippen LogP contribution in [0.3, 0.4) is 0 Å². The van der Waals surface area contributed by atoms with E-state index in [1.807, 2.05) is 30.3 Å². The van der Waals surface area contributed by atoms with E-state index in [4.69, 9.17) is 0 Å². The van der Waals surface area contributed by atoms with Gasteiger partial charge >= 0.3 is 6.18 Å². The van der Waals surface area contributed by atoms with Crippen molar-refractivity contribution in [2.24, 2.45) is 0 Å². The van der Waals surface area contributed by atoms with Crippen LogP contribution in [0.4, 0.5) is 13.2 Å². The van der Waals surface area contributed by atoms with Gasteiger partial charge in [0.25, 0.3) is 0 Å². The van der Waals surface area contributed by atoms with Crippen molar-refractivity contribution in [3.05, 3.63) is 46.9 Å². The van der Waals surface area contributed by atoms with Crippen molar-refractivity contribution in [1.29, 1.82) is 0 Å². The fourth-order valence-electron chi connectivity index (χ4n) is 1.76. The summed E-state index contributed by atoms with van der Waals surface area (Å²) in [4.78, 5) is 0. The highest BCUT2D eigenvalue weighted by atomic mass is 32.2. The molecule has 1 rings (SSSR count). The molecule has 0 aliphatic rings. The van der Waals surface area contributed by atoms with E-state index in [0.717, 1.165) is 48.4 Å². The van der Waals surface area contributed by atoms with Gasteiger partial charge in [0.05, 0.1) is 0 Å². The topological polar surface area (TPSA) is 0 Å². The van der Waals surface area contributed by atoms with Gasteiger partial charge in [0.1, 0.15) is 5.57 Å². The maximum Gasteiger partial charge on any atom is 0.424 e. The normalized spacial score (nSPS) is 11.9. The Balaban J connectivity index is 2.53. The fraction of sp³-hybridized carbons (Fsp3) is 0.444. The van der Waals surface area contributed by atoms with Crippen LogP contribution in [-0.4, -0.2) is 6.18 Å². The second-order valence-corrected chi connectivity index (χ2v) is 5.80. The van der Waals surface area contributed by atoms with Gasteiger partial charge in [0.2, 0.25) is 0 Å². The average Bonchev–Trinajstić information content (AvgIpc) is 2.49. The summed E-state index contributed by atoms with van der Waals surface area (Å²) in [6.45, 7) is 2.10. The van der Waals surface area contributed by atoms with Gasteiger partial charge in [-0.05, 0) is 17.4 Å². The third kappa shape index (κ3) is 8.19. The lowest BCUT2D eigenvalue weighted by molar-refractivity contribution is -0.0869. The highest BCUT2D eigenvalue weighted by molar-refractivity contribution is 8.01.